The van der Waals surface area contributed by atoms with E-state index in [0.29, 0.717) is 10.0 Å². The zero-order chi connectivity index (χ0) is 12.7. The van der Waals surface area contributed by atoms with Gasteiger partial charge in [0, 0.05) is 22.6 Å². The maximum atomic E-state index is 6.28. The summed E-state index contributed by atoms with van der Waals surface area (Å²) in [4.78, 5) is 0. The molecule has 0 unspecified atom stereocenters. The summed E-state index contributed by atoms with van der Waals surface area (Å²) in [5.74, 6) is 0.963. The lowest BCUT2D eigenvalue weighted by molar-refractivity contribution is 0.358. The van der Waals surface area contributed by atoms with Crippen molar-refractivity contribution in [1.82, 2.24) is 0 Å². The maximum Gasteiger partial charge on any atom is 0.130 e. The van der Waals surface area contributed by atoms with Crippen LogP contribution in [0.2, 0.25) is 10.0 Å². The Balaban J connectivity index is 2.23. The van der Waals surface area contributed by atoms with Crippen molar-refractivity contribution in [3.05, 3.63) is 51.5 Å². The Hall–Kier alpha value is -1.18. The van der Waals surface area contributed by atoms with E-state index in [-0.39, 0.29) is 0 Å². The van der Waals surface area contributed by atoms with Gasteiger partial charge in [-0.25, -0.2) is 0 Å². The summed E-state index contributed by atoms with van der Waals surface area (Å²) in [6.07, 6.45) is 0.967. The minimum Gasteiger partial charge on any atom is -0.492 e. The molecule has 3 rings (SSSR count). The van der Waals surface area contributed by atoms with Crippen LogP contribution < -0.4 is 4.74 Å². The van der Waals surface area contributed by atoms with Crippen molar-refractivity contribution in [3.63, 3.8) is 0 Å². The number of hydrogen-bond donors (Lipinski definition) is 0. The molecule has 92 valence electrons. The number of aryl methyl sites for hydroxylation is 1. The standard InChI is InChI=1S/C15H12Cl2O/c1-9-6-10-4-5-18-15(10)13(7-9)12-3-2-11(16)8-14(12)17/h2-3,6-8H,4-5H2,1H3. The van der Waals surface area contributed by atoms with Crippen molar-refractivity contribution in [1.29, 1.82) is 0 Å². The maximum absolute atomic E-state index is 6.28. The quantitative estimate of drug-likeness (QED) is 0.721. The summed E-state index contributed by atoms with van der Waals surface area (Å²) < 4.78 is 5.73. The lowest BCUT2D eigenvalue weighted by atomic mass is 9.98. The van der Waals surface area contributed by atoms with Crippen molar-refractivity contribution in [2.45, 2.75) is 13.3 Å². The van der Waals surface area contributed by atoms with E-state index in [4.69, 9.17) is 27.9 Å². The van der Waals surface area contributed by atoms with E-state index in [1.54, 1.807) is 6.07 Å². The van der Waals surface area contributed by atoms with Crippen LogP contribution in [0.15, 0.2) is 30.3 Å². The second kappa shape index (κ2) is 4.49. The molecule has 0 aliphatic carbocycles. The molecular formula is C15H12Cl2O. The normalized spacial score (nSPS) is 13.3. The van der Waals surface area contributed by atoms with Crippen LogP contribution in [0.1, 0.15) is 11.1 Å². The molecule has 0 N–H and O–H groups in total. The second-order valence-electron chi connectivity index (χ2n) is 4.52. The van der Waals surface area contributed by atoms with Gasteiger partial charge in [0.2, 0.25) is 0 Å². The molecule has 1 nitrogen and oxygen atoms in total. The molecule has 0 aromatic heterocycles. The van der Waals surface area contributed by atoms with Crippen LogP contribution >= 0.6 is 23.2 Å². The summed E-state index contributed by atoms with van der Waals surface area (Å²) >= 11 is 12.2. The van der Waals surface area contributed by atoms with Gasteiger partial charge in [0.1, 0.15) is 5.75 Å². The summed E-state index contributed by atoms with van der Waals surface area (Å²) in [6.45, 7) is 2.84. The number of hydrogen-bond acceptors (Lipinski definition) is 1. The molecular weight excluding hydrogens is 267 g/mol. The van der Waals surface area contributed by atoms with E-state index >= 15 is 0 Å². The smallest absolute Gasteiger partial charge is 0.130 e. The molecule has 2 aromatic rings. The molecule has 18 heavy (non-hydrogen) atoms. The molecule has 0 amide bonds. The van der Waals surface area contributed by atoms with Crippen LogP contribution in [0, 0.1) is 6.92 Å². The fourth-order valence-electron chi connectivity index (χ4n) is 2.38. The van der Waals surface area contributed by atoms with E-state index in [9.17, 15) is 0 Å². The molecule has 0 saturated heterocycles. The van der Waals surface area contributed by atoms with Gasteiger partial charge in [0.25, 0.3) is 0 Å². The Bertz CT molecular complexity index is 620. The number of fused-ring (bicyclic) bond motifs is 1. The number of rotatable bonds is 1. The molecule has 0 spiro atoms. The van der Waals surface area contributed by atoms with E-state index in [2.05, 4.69) is 19.1 Å². The minimum atomic E-state index is 0.647. The summed E-state index contributed by atoms with van der Waals surface area (Å²) in [7, 11) is 0. The Morgan fingerprint density at radius 2 is 1.89 bits per heavy atom. The first-order chi connectivity index (χ1) is 8.65. The second-order valence-corrected chi connectivity index (χ2v) is 5.37. The summed E-state index contributed by atoms with van der Waals surface area (Å²) in [5.41, 5.74) is 4.52. The first-order valence-electron chi connectivity index (χ1n) is 5.87. The highest BCUT2D eigenvalue weighted by atomic mass is 35.5. The highest BCUT2D eigenvalue weighted by molar-refractivity contribution is 6.36. The molecule has 1 aliphatic rings. The van der Waals surface area contributed by atoms with Gasteiger partial charge in [0.15, 0.2) is 0 Å². The molecule has 0 radical (unpaired) electrons. The highest BCUT2D eigenvalue weighted by Gasteiger charge is 2.19. The highest BCUT2D eigenvalue weighted by Crippen LogP contribution is 2.41. The predicted octanol–water partition coefficient (Wildman–Crippen LogP) is 4.90. The number of benzene rings is 2. The van der Waals surface area contributed by atoms with Crippen molar-refractivity contribution in [3.8, 4) is 16.9 Å². The van der Waals surface area contributed by atoms with Gasteiger partial charge in [0.05, 0.1) is 11.6 Å². The number of ether oxygens (including phenoxy) is 1. The Morgan fingerprint density at radius 1 is 1.06 bits per heavy atom. The summed E-state index contributed by atoms with van der Waals surface area (Å²) in [6, 6.07) is 9.85. The van der Waals surface area contributed by atoms with Crippen LogP contribution in [-0.2, 0) is 6.42 Å². The van der Waals surface area contributed by atoms with Crippen LogP contribution in [0.25, 0.3) is 11.1 Å². The van der Waals surface area contributed by atoms with Gasteiger partial charge >= 0.3 is 0 Å². The van der Waals surface area contributed by atoms with Gasteiger partial charge in [-0.05, 0) is 36.2 Å². The van der Waals surface area contributed by atoms with Gasteiger partial charge in [-0.3, -0.25) is 0 Å². The Labute approximate surface area is 116 Å². The van der Waals surface area contributed by atoms with Gasteiger partial charge in [-0.2, -0.15) is 0 Å². The third-order valence-electron chi connectivity index (χ3n) is 3.15. The summed E-state index contributed by atoms with van der Waals surface area (Å²) in [5, 5.41) is 1.31. The zero-order valence-corrected chi connectivity index (χ0v) is 11.5. The van der Waals surface area contributed by atoms with Crippen LogP contribution in [0.3, 0.4) is 0 Å². The Morgan fingerprint density at radius 3 is 2.67 bits per heavy atom. The lowest BCUT2D eigenvalue weighted by Gasteiger charge is -2.11. The molecule has 2 aromatic carbocycles. The van der Waals surface area contributed by atoms with Gasteiger partial charge < -0.3 is 4.74 Å². The molecule has 0 fully saturated rings. The van der Waals surface area contributed by atoms with Crippen molar-refractivity contribution < 1.29 is 4.74 Å². The lowest BCUT2D eigenvalue weighted by Crippen LogP contribution is -1.90. The van der Waals surface area contributed by atoms with Crippen LogP contribution in [-0.4, -0.2) is 6.61 Å². The average molecular weight is 279 g/mol. The molecule has 0 bridgehead atoms. The monoisotopic (exact) mass is 278 g/mol. The third-order valence-corrected chi connectivity index (χ3v) is 3.70. The molecule has 0 atom stereocenters. The van der Waals surface area contributed by atoms with Gasteiger partial charge in [-0.15, -0.1) is 0 Å². The fourth-order valence-corrected chi connectivity index (χ4v) is 2.89. The predicted molar refractivity (Wildman–Crippen MR) is 75.8 cm³/mol. The van der Waals surface area contributed by atoms with E-state index in [1.807, 2.05) is 12.1 Å². The third kappa shape index (κ3) is 1.98. The fraction of sp³-hybridized carbons (Fsp3) is 0.200. The zero-order valence-electron chi connectivity index (χ0n) is 9.97. The topological polar surface area (TPSA) is 9.23 Å². The first-order valence-corrected chi connectivity index (χ1v) is 6.62. The van der Waals surface area contributed by atoms with E-state index in [0.717, 1.165) is 29.9 Å². The van der Waals surface area contributed by atoms with E-state index in [1.165, 1.54) is 11.1 Å². The molecule has 0 saturated carbocycles. The SMILES string of the molecule is Cc1cc2c(c(-c3ccc(Cl)cc3Cl)c1)OCC2. The van der Waals surface area contributed by atoms with Crippen molar-refractivity contribution >= 4 is 23.2 Å². The van der Waals surface area contributed by atoms with Gasteiger partial charge in [-0.1, -0.05) is 35.3 Å². The van der Waals surface area contributed by atoms with Crippen LogP contribution in [0.4, 0.5) is 0 Å². The van der Waals surface area contributed by atoms with Crippen molar-refractivity contribution in [2.75, 3.05) is 6.61 Å². The molecule has 3 heteroatoms. The van der Waals surface area contributed by atoms with Crippen LogP contribution in [0.5, 0.6) is 5.75 Å². The Kier molecular flexibility index (Phi) is 2.96. The van der Waals surface area contributed by atoms with E-state index < -0.39 is 0 Å². The minimum absolute atomic E-state index is 0.647. The molecule has 1 aliphatic heterocycles. The average Bonchev–Trinajstić information content (AvgIpc) is 2.76. The largest absolute Gasteiger partial charge is 0.492 e. The molecule has 1 heterocycles. The first kappa shape index (κ1) is 11.9. The van der Waals surface area contributed by atoms with Crippen molar-refractivity contribution in [2.24, 2.45) is 0 Å². The number of halogens is 2.